The number of halogens is 3. The summed E-state index contributed by atoms with van der Waals surface area (Å²) in [5.74, 6) is -2.16. The molecule has 0 aromatic heterocycles. The van der Waals surface area contributed by atoms with Gasteiger partial charge in [-0.3, -0.25) is 14.5 Å². The first-order valence-electron chi connectivity index (χ1n) is 12.0. The average Bonchev–Trinajstić information content (AvgIpc) is 3.53. The summed E-state index contributed by atoms with van der Waals surface area (Å²) in [6.45, 7) is -0.0347. The number of nitrogens with zero attached hydrogens (tertiary/aromatic N) is 2. The molecule has 0 fully saturated rings. The molecular formula is C28H22F3N3O5. The summed E-state index contributed by atoms with van der Waals surface area (Å²) in [7, 11) is 1.27. The van der Waals surface area contributed by atoms with E-state index in [0.29, 0.717) is 44.5 Å². The number of nitriles is 1. The van der Waals surface area contributed by atoms with Crippen LogP contribution in [0.1, 0.15) is 35.1 Å². The molecule has 0 bridgehead atoms. The van der Waals surface area contributed by atoms with Crippen LogP contribution < -0.4 is 19.7 Å². The lowest BCUT2D eigenvalue weighted by molar-refractivity contribution is -0.171. The lowest BCUT2D eigenvalue weighted by atomic mass is 9.97. The predicted octanol–water partition coefficient (Wildman–Crippen LogP) is 5.37. The van der Waals surface area contributed by atoms with Crippen LogP contribution in [0.4, 0.5) is 30.2 Å². The van der Waals surface area contributed by atoms with E-state index in [-0.39, 0.29) is 31.2 Å². The number of methoxy groups -OCH3 is 1. The molecule has 1 N–H and O–H groups in total. The highest BCUT2D eigenvalue weighted by atomic mass is 19.4. The number of para-hydroxylation sites is 1. The average molecular weight is 537 g/mol. The smallest absolute Gasteiger partial charge is 0.471 e. The largest absolute Gasteiger partial charge is 0.493 e. The van der Waals surface area contributed by atoms with Crippen molar-refractivity contribution in [1.82, 2.24) is 0 Å². The van der Waals surface area contributed by atoms with Gasteiger partial charge in [0.1, 0.15) is 18.1 Å². The van der Waals surface area contributed by atoms with E-state index in [4.69, 9.17) is 19.5 Å². The van der Waals surface area contributed by atoms with Gasteiger partial charge in [0.15, 0.2) is 0 Å². The van der Waals surface area contributed by atoms with Crippen LogP contribution in [0.25, 0.3) is 0 Å². The standard InChI is InChI=1S/C28H22F3N3O5/c1-37-25(35)11-17-14-38-24-12-19(9-10-20(17)24)34(27(36)28(29,30)31)23-15-39-26-21(23)3-2-4-22(26)33-18-7-5-16(13-32)6-8-18/h2-10,12,17,23,33H,11,14-15H2,1H3/t17-,23-/m1/s1. The number of rotatable bonds is 6. The van der Waals surface area contributed by atoms with Crippen molar-refractivity contribution >= 4 is 28.9 Å². The Balaban J connectivity index is 1.48. The molecule has 2 atom stereocenters. The number of amides is 1. The Morgan fingerprint density at radius 2 is 1.85 bits per heavy atom. The molecule has 1 amide bonds. The maximum atomic E-state index is 13.8. The number of benzene rings is 3. The third-order valence-electron chi connectivity index (χ3n) is 6.65. The first-order chi connectivity index (χ1) is 18.7. The van der Waals surface area contributed by atoms with E-state index in [2.05, 4.69) is 5.32 Å². The van der Waals surface area contributed by atoms with Crippen molar-refractivity contribution in [3.8, 4) is 17.6 Å². The van der Waals surface area contributed by atoms with Gasteiger partial charge in [-0.05, 0) is 36.4 Å². The van der Waals surface area contributed by atoms with Crippen molar-refractivity contribution in [3.63, 3.8) is 0 Å². The van der Waals surface area contributed by atoms with Crippen molar-refractivity contribution < 1.29 is 37.0 Å². The zero-order chi connectivity index (χ0) is 27.7. The van der Waals surface area contributed by atoms with E-state index >= 15 is 0 Å². The van der Waals surface area contributed by atoms with Gasteiger partial charge in [-0.2, -0.15) is 18.4 Å². The molecule has 0 saturated carbocycles. The summed E-state index contributed by atoms with van der Waals surface area (Å²) < 4.78 is 57.6. The fourth-order valence-corrected chi connectivity index (χ4v) is 4.77. The Morgan fingerprint density at radius 1 is 1.08 bits per heavy atom. The van der Waals surface area contributed by atoms with E-state index in [1.807, 2.05) is 6.07 Å². The van der Waals surface area contributed by atoms with Crippen LogP contribution in [0.15, 0.2) is 60.7 Å². The van der Waals surface area contributed by atoms with Gasteiger partial charge >= 0.3 is 18.1 Å². The van der Waals surface area contributed by atoms with Crippen molar-refractivity contribution in [3.05, 3.63) is 77.4 Å². The minimum absolute atomic E-state index is 0.0123. The number of esters is 1. The lowest BCUT2D eigenvalue weighted by Crippen LogP contribution is -2.44. The minimum Gasteiger partial charge on any atom is -0.493 e. The third-order valence-corrected chi connectivity index (χ3v) is 6.65. The van der Waals surface area contributed by atoms with Gasteiger partial charge in [0.05, 0.1) is 43.5 Å². The molecule has 11 heteroatoms. The number of anilines is 3. The van der Waals surface area contributed by atoms with Crippen molar-refractivity contribution in [2.24, 2.45) is 0 Å². The normalized spacial score (nSPS) is 17.2. The Hall–Kier alpha value is -4.72. The van der Waals surface area contributed by atoms with E-state index in [0.717, 1.165) is 0 Å². The van der Waals surface area contributed by atoms with Crippen LogP contribution >= 0.6 is 0 Å². The van der Waals surface area contributed by atoms with Crippen LogP contribution in [-0.4, -0.2) is 38.4 Å². The summed E-state index contributed by atoms with van der Waals surface area (Å²) in [6, 6.07) is 17.0. The number of hydrogen-bond donors (Lipinski definition) is 1. The van der Waals surface area contributed by atoms with Gasteiger partial charge in [0.25, 0.3) is 0 Å². The quantitative estimate of drug-likeness (QED) is 0.422. The van der Waals surface area contributed by atoms with Gasteiger partial charge in [-0.1, -0.05) is 18.2 Å². The Bertz CT molecular complexity index is 1470. The molecule has 0 spiro atoms. The molecule has 3 aromatic rings. The second kappa shape index (κ2) is 10.2. The Labute approximate surface area is 221 Å². The van der Waals surface area contributed by atoms with Crippen molar-refractivity contribution in [2.75, 3.05) is 30.5 Å². The van der Waals surface area contributed by atoms with Gasteiger partial charge in [0, 0.05) is 34.5 Å². The van der Waals surface area contributed by atoms with Gasteiger partial charge in [-0.25, -0.2) is 0 Å². The first kappa shape index (κ1) is 25.9. The number of carbonyl (C=O) groups is 2. The second-order valence-electron chi connectivity index (χ2n) is 9.05. The summed E-state index contributed by atoms with van der Waals surface area (Å²) >= 11 is 0. The zero-order valence-corrected chi connectivity index (χ0v) is 20.6. The third kappa shape index (κ3) is 5.05. The van der Waals surface area contributed by atoms with Crippen LogP contribution in [-0.2, 0) is 14.3 Å². The molecule has 8 nitrogen and oxygen atoms in total. The van der Waals surface area contributed by atoms with E-state index in [1.54, 1.807) is 48.5 Å². The van der Waals surface area contributed by atoms with Crippen LogP contribution in [0.3, 0.4) is 0 Å². The second-order valence-corrected chi connectivity index (χ2v) is 9.05. The number of fused-ring (bicyclic) bond motifs is 2. The Kier molecular flexibility index (Phi) is 6.78. The highest BCUT2D eigenvalue weighted by Crippen LogP contribution is 2.46. The number of hydrogen-bond acceptors (Lipinski definition) is 7. The molecule has 39 heavy (non-hydrogen) atoms. The fraction of sp³-hybridized carbons (Fsp3) is 0.250. The number of nitrogens with one attached hydrogen (secondary N) is 1. The molecule has 5 rings (SSSR count). The zero-order valence-electron chi connectivity index (χ0n) is 20.6. The summed E-state index contributed by atoms with van der Waals surface area (Å²) in [5.41, 5.74) is 2.67. The molecule has 0 unspecified atom stereocenters. The van der Waals surface area contributed by atoms with Gasteiger partial charge in [-0.15, -0.1) is 0 Å². The number of carbonyl (C=O) groups excluding carboxylic acids is 2. The summed E-state index contributed by atoms with van der Waals surface area (Å²) in [6.07, 6.45) is -5.08. The van der Waals surface area contributed by atoms with Crippen molar-refractivity contribution in [2.45, 2.75) is 24.6 Å². The topological polar surface area (TPSA) is 101 Å². The lowest BCUT2D eigenvalue weighted by Gasteiger charge is -2.29. The van der Waals surface area contributed by atoms with Crippen LogP contribution in [0.2, 0.25) is 0 Å². The molecular weight excluding hydrogens is 515 g/mol. The predicted molar refractivity (Wildman–Crippen MR) is 134 cm³/mol. The molecule has 0 saturated heterocycles. The number of ether oxygens (including phenoxy) is 3. The fourth-order valence-electron chi connectivity index (χ4n) is 4.77. The maximum absolute atomic E-state index is 13.8. The highest BCUT2D eigenvalue weighted by molar-refractivity contribution is 5.98. The van der Waals surface area contributed by atoms with E-state index < -0.39 is 24.1 Å². The van der Waals surface area contributed by atoms with E-state index in [9.17, 15) is 22.8 Å². The molecule has 0 radical (unpaired) electrons. The Morgan fingerprint density at radius 3 is 2.54 bits per heavy atom. The maximum Gasteiger partial charge on any atom is 0.471 e. The van der Waals surface area contributed by atoms with Crippen molar-refractivity contribution in [1.29, 1.82) is 5.26 Å². The SMILES string of the molecule is COC(=O)C[C@@H]1COc2cc(N(C(=O)C(F)(F)F)[C@@H]3COc4c(Nc5ccc(C#N)cc5)cccc43)ccc21. The molecule has 2 heterocycles. The van der Waals surface area contributed by atoms with Crippen LogP contribution in [0, 0.1) is 11.3 Å². The van der Waals surface area contributed by atoms with Crippen LogP contribution in [0.5, 0.6) is 11.5 Å². The summed E-state index contributed by atoms with van der Waals surface area (Å²) in [5, 5.41) is 12.2. The first-order valence-corrected chi connectivity index (χ1v) is 12.0. The number of alkyl halides is 3. The molecule has 3 aromatic carbocycles. The summed E-state index contributed by atoms with van der Waals surface area (Å²) in [4.78, 5) is 25.2. The molecule has 200 valence electrons. The van der Waals surface area contributed by atoms with Gasteiger partial charge < -0.3 is 19.5 Å². The van der Waals surface area contributed by atoms with E-state index in [1.165, 1.54) is 19.2 Å². The van der Waals surface area contributed by atoms with Gasteiger partial charge in [0.2, 0.25) is 0 Å². The monoisotopic (exact) mass is 537 g/mol. The molecule has 2 aliphatic rings. The molecule has 2 aliphatic heterocycles. The molecule has 0 aliphatic carbocycles. The highest BCUT2D eigenvalue weighted by Gasteiger charge is 2.48. The minimum atomic E-state index is -5.14.